The predicted molar refractivity (Wildman–Crippen MR) is 78.0 cm³/mol. The van der Waals surface area contributed by atoms with Crippen LogP contribution in [0.2, 0.25) is 0 Å². The van der Waals surface area contributed by atoms with Crippen molar-refractivity contribution >= 4 is 11.3 Å². The van der Waals surface area contributed by atoms with Gasteiger partial charge in [-0.2, -0.15) is 11.3 Å². The molecule has 0 fully saturated rings. The molecule has 104 valence electrons. The van der Waals surface area contributed by atoms with Crippen LogP contribution in [0, 0.1) is 0 Å². The van der Waals surface area contributed by atoms with Crippen LogP contribution in [-0.4, -0.2) is 23.6 Å². The molecule has 0 bridgehead atoms. The summed E-state index contributed by atoms with van der Waals surface area (Å²) in [7, 11) is 2.09. The highest BCUT2D eigenvalue weighted by Crippen LogP contribution is 2.11. The molecule has 0 saturated carbocycles. The average molecular weight is 279 g/mol. The molecule has 0 radical (unpaired) electrons. The smallest absolute Gasteiger partial charge is 0.151 e. The van der Waals surface area contributed by atoms with Gasteiger partial charge in [-0.25, -0.2) is 0 Å². The van der Waals surface area contributed by atoms with E-state index in [2.05, 4.69) is 46.2 Å². The fourth-order valence-corrected chi connectivity index (χ4v) is 2.58. The van der Waals surface area contributed by atoms with Crippen LogP contribution in [0.25, 0.3) is 0 Å². The van der Waals surface area contributed by atoms with E-state index in [9.17, 15) is 0 Å². The van der Waals surface area contributed by atoms with Crippen molar-refractivity contribution < 1.29 is 4.52 Å². The molecule has 2 aromatic rings. The van der Waals surface area contributed by atoms with E-state index >= 15 is 0 Å². The highest BCUT2D eigenvalue weighted by molar-refractivity contribution is 7.07. The van der Waals surface area contributed by atoms with E-state index in [1.165, 1.54) is 5.56 Å². The third-order valence-corrected chi connectivity index (χ3v) is 3.53. The normalized spacial score (nSPS) is 11.3. The first-order valence-corrected chi connectivity index (χ1v) is 7.57. The highest BCUT2D eigenvalue weighted by Gasteiger charge is 2.07. The Labute approximate surface area is 118 Å². The van der Waals surface area contributed by atoms with Crippen LogP contribution >= 0.6 is 11.3 Å². The number of aromatic nitrogens is 1. The first-order chi connectivity index (χ1) is 9.28. The van der Waals surface area contributed by atoms with Gasteiger partial charge in [0.15, 0.2) is 5.76 Å². The molecule has 0 aromatic carbocycles. The molecule has 4 nitrogen and oxygen atoms in total. The molecule has 1 N–H and O–H groups in total. The lowest BCUT2D eigenvalue weighted by Gasteiger charge is -2.13. The van der Waals surface area contributed by atoms with E-state index in [1.807, 2.05) is 6.07 Å². The van der Waals surface area contributed by atoms with Gasteiger partial charge in [-0.3, -0.25) is 4.90 Å². The van der Waals surface area contributed by atoms with Crippen molar-refractivity contribution in [3.63, 3.8) is 0 Å². The minimum Gasteiger partial charge on any atom is -0.360 e. The Morgan fingerprint density at radius 2 is 2.32 bits per heavy atom. The Balaban J connectivity index is 1.78. The summed E-state index contributed by atoms with van der Waals surface area (Å²) in [4.78, 5) is 2.23. The minimum absolute atomic E-state index is 0.783. The molecule has 0 aliphatic carbocycles. The Morgan fingerprint density at radius 3 is 3.05 bits per heavy atom. The summed E-state index contributed by atoms with van der Waals surface area (Å²) in [6.07, 6.45) is 1.13. The molecule has 0 atom stereocenters. The second kappa shape index (κ2) is 7.43. The van der Waals surface area contributed by atoms with E-state index in [-0.39, 0.29) is 0 Å². The molecular formula is C14H21N3OS. The van der Waals surface area contributed by atoms with Crippen LogP contribution in [0.1, 0.15) is 30.4 Å². The summed E-state index contributed by atoms with van der Waals surface area (Å²) in [5.74, 6) is 0.922. The maximum absolute atomic E-state index is 5.36. The summed E-state index contributed by atoms with van der Waals surface area (Å²) in [6.45, 7) is 5.68. The summed E-state index contributed by atoms with van der Waals surface area (Å²) < 4.78 is 5.36. The number of thiophene rings is 1. The Hall–Kier alpha value is -1.17. The van der Waals surface area contributed by atoms with Crippen LogP contribution in [-0.2, 0) is 19.6 Å². The van der Waals surface area contributed by atoms with Crippen molar-refractivity contribution in [1.82, 2.24) is 15.4 Å². The zero-order valence-electron chi connectivity index (χ0n) is 11.6. The monoisotopic (exact) mass is 279 g/mol. The molecule has 0 saturated heterocycles. The maximum Gasteiger partial charge on any atom is 0.151 e. The van der Waals surface area contributed by atoms with Crippen molar-refractivity contribution in [3.8, 4) is 0 Å². The molecule has 0 amide bonds. The highest BCUT2D eigenvalue weighted by atomic mass is 32.1. The van der Waals surface area contributed by atoms with Crippen molar-refractivity contribution in [2.24, 2.45) is 0 Å². The zero-order chi connectivity index (χ0) is 13.5. The molecule has 5 heteroatoms. The minimum atomic E-state index is 0.783. The van der Waals surface area contributed by atoms with E-state index in [1.54, 1.807) is 11.3 Å². The lowest BCUT2D eigenvalue weighted by molar-refractivity contribution is 0.266. The van der Waals surface area contributed by atoms with E-state index in [4.69, 9.17) is 4.52 Å². The summed E-state index contributed by atoms with van der Waals surface area (Å²) in [6, 6.07) is 4.19. The predicted octanol–water partition coefficient (Wildman–Crippen LogP) is 2.87. The van der Waals surface area contributed by atoms with Gasteiger partial charge in [-0.05, 0) is 42.4 Å². The molecule has 2 heterocycles. The Morgan fingerprint density at radius 1 is 1.42 bits per heavy atom. The van der Waals surface area contributed by atoms with E-state index < -0.39 is 0 Å². The fourth-order valence-electron chi connectivity index (χ4n) is 1.92. The molecule has 2 aromatic heterocycles. The molecule has 0 unspecified atom stereocenters. The Bertz CT molecular complexity index is 467. The van der Waals surface area contributed by atoms with Gasteiger partial charge in [0, 0.05) is 19.2 Å². The lowest BCUT2D eigenvalue weighted by Crippen LogP contribution is -2.16. The first kappa shape index (κ1) is 14.2. The van der Waals surface area contributed by atoms with Gasteiger partial charge in [0.2, 0.25) is 0 Å². The van der Waals surface area contributed by atoms with Gasteiger partial charge >= 0.3 is 0 Å². The largest absolute Gasteiger partial charge is 0.360 e. The average Bonchev–Trinajstić information content (AvgIpc) is 3.02. The molecule has 19 heavy (non-hydrogen) atoms. The van der Waals surface area contributed by atoms with Crippen molar-refractivity contribution in [1.29, 1.82) is 0 Å². The maximum atomic E-state index is 5.36. The van der Waals surface area contributed by atoms with Gasteiger partial charge in [0.1, 0.15) is 0 Å². The Kier molecular flexibility index (Phi) is 5.57. The van der Waals surface area contributed by atoms with Crippen LogP contribution in [0.5, 0.6) is 0 Å². The number of rotatable bonds is 8. The molecule has 2 rings (SSSR count). The van der Waals surface area contributed by atoms with Crippen LogP contribution in [0.3, 0.4) is 0 Å². The van der Waals surface area contributed by atoms with E-state index in [0.717, 1.165) is 44.1 Å². The second-order valence-electron chi connectivity index (χ2n) is 4.77. The van der Waals surface area contributed by atoms with Crippen LogP contribution in [0.4, 0.5) is 0 Å². The second-order valence-corrected chi connectivity index (χ2v) is 5.55. The molecule has 0 spiro atoms. The van der Waals surface area contributed by atoms with Crippen LogP contribution in [0.15, 0.2) is 27.4 Å². The first-order valence-electron chi connectivity index (χ1n) is 6.62. The SMILES string of the molecule is CCCNCc1cc(CN(C)Cc2ccsc2)on1. The van der Waals surface area contributed by atoms with Gasteiger partial charge in [-0.1, -0.05) is 12.1 Å². The lowest BCUT2D eigenvalue weighted by atomic mass is 10.3. The number of nitrogens with one attached hydrogen (secondary N) is 1. The zero-order valence-corrected chi connectivity index (χ0v) is 12.4. The molecule has 0 aliphatic rings. The van der Waals surface area contributed by atoms with Gasteiger partial charge in [0.05, 0.1) is 12.2 Å². The number of hydrogen-bond acceptors (Lipinski definition) is 5. The topological polar surface area (TPSA) is 41.3 Å². The van der Waals surface area contributed by atoms with Crippen molar-refractivity contribution in [2.75, 3.05) is 13.6 Å². The third kappa shape index (κ3) is 4.78. The fraction of sp³-hybridized carbons (Fsp3) is 0.500. The number of hydrogen-bond donors (Lipinski definition) is 1. The quantitative estimate of drug-likeness (QED) is 0.754. The van der Waals surface area contributed by atoms with Crippen molar-refractivity contribution in [3.05, 3.63) is 39.9 Å². The summed E-state index contributed by atoms with van der Waals surface area (Å²) in [5, 5.41) is 11.7. The standard InChI is InChI=1S/C14H21N3OS/c1-3-5-15-8-13-7-14(18-16-13)10-17(2)9-12-4-6-19-11-12/h4,6-7,11,15H,3,5,8-10H2,1-2H3. The van der Waals surface area contributed by atoms with Crippen molar-refractivity contribution in [2.45, 2.75) is 33.0 Å². The number of nitrogens with zero attached hydrogens (tertiary/aromatic N) is 2. The van der Waals surface area contributed by atoms with Gasteiger partial charge in [0.25, 0.3) is 0 Å². The molecular weight excluding hydrogens is 258 g/mol. The van der Waals surface area contributed by atoms with Gasteiger partial charge < -0.3 is 9.84 Å². The van der Waals surface area contributed by atoms with Gasteiger partial charge in [-0.15, -0.1) is 0 Å². The summed E-state index contributed by atoms with van der Waals surface area (Å²) in [5.41, 5.74) is 2.32. The molecule has 0 aliphatic heterocycles. The third-order valence-electron chi connectivity index (χ3n) is 2.80. The summed E-state index contributed by atoms with van der Waals surface area (Å²) >= 11 is 1.73. The van der Waals surface area contributed by atoms with E-state index in [0.29, 0.717) is 0 Å². The van der Waals surface area contributed by atoms with Crippen LogP contribution < -0.4 is 5.32 Å².